The van der Waals surface area contributed by atoms with Crippen LogP contribution < -0.4 is 0 Å². The van der Waals surface area contributed by atoms with Gasteiger partial charge in [-0.05, 0) is 12.1 Å². The van der Waals surface area contributed by atoms with Crippen molar-refractivity contribution in [3.05, 3.63) is 30.7 Å². The van der Waals surface area contributed by atoms with Gasteiger partial charge in [0, 0.05) is 29.5 Å². The second-order valence-electron chi connectivity index (χ2n) is 2.18. The van der Waals surface area contributed by atoms with E-state index in [0.717, 1.165) is 18.1 Å². The van der Waals surface area contributed by atoms with Crippen LogP contribution in [0.2, 0.25) is 6.82 Å². The van der Waals surface area contributed by atoms with Crippen molar-refractivity contribution in [1.29, 1.82) is 0 Å². The number of aromatic amines is 1. The molecule has 2 heterocycles. The van der Waals surface area contributed by atoms with E-state index in [1.807, 2.05) is 24.5 Å². The van der Waals surface area contributed by atoms with Crippen molar-refractivity contribution in [2.24, 2.45) is 0 Å². The van der Waals surface area contributed by atoms with Crippen LogP contribution in [0.15, 0.2) is 30.7 Å². The number of hydrogen-bond acceptors (Lipinski definition) is 2. The van der Waals surface area contributed by atoms with Crippen LogP contribution in [-0.4, -0.2) is 17.1 Å². The van der Waals surface area contributed by atoms with E-state index in [-0.39, 0.29) is 0 Å². The molecule has 3 nitrogen and oxygen atoms in total. The summed E-state index contributed by atoms with van der Waals surface area (Å²) in [7, 11) is 0.750. The zero-order valence-corrected chi connectivity index (χ0v) is 6.82. The Morgan fingerprint density at radius 1 is 1.50 bits per heavy atom. The van der Waals surface area contributed by atoms with E-state index in [2.05, 4.69) is 9.97 Å². The second kappa shape index (κ2) is 4.44. The molecule has 2 aromatic heterocycles. The first-order chi connectivity index (χ1) is 5.88. The van der Waals surface area contributed by atoms with Gasteiger partial charge in [0.05, 0.1) is 0 Å². The molecular formula is C8H9BN2O. The Balaban J connectivity index is 0.000000213. The molecule has 0 aliphatic carbocycles. The van der Waals surface area contributed by atoms with Gasteiger partial charge in [-0.1, -0.05) is 0 Å². The van der Waals surface area contributed by atoms with Crippen LogP contribution in [0, 0.1) is 0 Å². The third kappa shape index (κ3) is 2.02. The summed E-state index contributed by atoms with van der Waals surface area (Å²) in [6.45, 7) is 1.44. The average Bonchev–Trinajstić information content (AvgIpc) is 2.52. The Labute approximate surface area is 71.1 Å². The summed E-state index contributed by atoms with van der Waals surface area (Å²) in [6, 6.07) is 3.96. The van der Waals surface area contributed by atoms with Gasteiger partial charge in [-0.3, -0.25) is 4.98 Å². The van der Waals surface area contributed by atoms with Gasteiger partial charge in [0.2, 0.25) is 0 Å². The Morgan fingerprint density at radius 2 is 2.25 bits per heavy atom. The van der Waals surface area contributed by atoms with Gasteiger partial charge in [0.25, 0.3) is 0 Å². The van der Waals surface area contributed by atoms with Crippen molar-refractivity contribution in [1.82, 2.24) is 9.97 Å². The number of hydrogen-bond donors (Lipinski definition) is 1. The molecule has 4 heteroatoms. The fourth-order valence-corrected chi connectivity index (χ4v) is 0.892. The molecule has 0 bridgehead atoms. The van der Waals surface area contributed by atoms with Crippen LogP contribution in [0.1, 0.15) is 0 Å². The van der Waals surface area contributed by atoms with Gasteiger partial charge in [0.1, 0.15) is 0 Å². The molecule has 0 radical (unpaired) electrons. The van der Waals surface area contributed by atoms with Crippen molar-refractivity contribution in [2.45, 2.75) is 6.82 Å². The number of pyridine rings is 1. The number of nitrogens with zero attached hydrogens (tertiary/aromatic N) is 1. The van der Waals surface area contributed by atoms with Crippen molar-refractivity contribution >= 4 is 18.1 Å². The third-order valence-corrected chi connectivity index (χ3v) is 1.35. The molecular weight excluding hydrogens is 151 g/mol. The van der Waals surface area contributed by atoms with E-state index in [9.17, 15) is 0 Å². The van der Waals surface area contributed by atoms with E-state index in [0.29, 0.717) is 0 Å². The summed E-state index contributed by atoms with van der Waals surface area (Å²) in [5, 5.41) is 1.16. The monoisotopic (exact) mass is 160 g/mol. The van der Waals surface area contributed by atoms with E-state index in [4.69, 9.17) is 4.70 Å². The SMILES string of the molecule is CB=O.c1cc2[nH]ccc2cn1. The van der Waals surface area contributed by atoms with Gasteiger partial charge >= 0.3 is 18.7 Å². The molecule has 0 saturated carbocycles. The van der Waals surface area contributed by atoms with Gasteiger partial charge in [-0.25, -0.2) is 0 Å². The topological polar surface area (TPSA) is 45.8 Å². The second-order valence-corrected chi connectivity index (χ2v) is 2.18. The maximum Gasteiger partial charge on any atom is 0.0484 e. The normalized spacial score (nSPS) is 8.42. The first-order valence-corrected chi connectivity index (χ1v) is 3.65. The van der Waals surface area contributed by atoms with Crippen LogP contribution in [0.5, 0.6) is 0 Å². The molecule has 0 unspecified atom stereocenters. The Hall–Kier alpha value is -1.45. The predicted octanol–water partition coefficient (Wildman–Crippen LogP) is 1.65. The average molecular weight is 160 g/mol. The predicted molar refractivity (Wildman–Crippen MR) is 48.4 cm³/mol. The summed E-state index contributed by atoms with van der Waals surface area (Å²) in [6.07, 6.45) is 5.52. The molecule has 0 spiro atoms. The molecule has 0 atom stereocenters. The minimum Gasteiger partial charge on any atom is -0.361 e. The van der Waals surface area contributed by atoms with E-state index < -0.39 is 0 Å². The number of aromatic nitrogens is 2. The number of nitrogens with one attached hydrogen (secondary N) is 1. The summed E-state index contributed by atoms with van der Waals surface area (Å²) < 4.78 is 8.81. The molecule has 0 aromatic carbocycles. The summed E-state index contributed by atoms with van der Waals surface area (Å²) in [4.78, 5) is 7.04. The number of fused-ring (bicyclic) bond motifs is 1. The van der Waals surface area contributed by atoms with E-state index >= 15 is 0 Å². The molecule has 1 N–H and O–H groups in total. The fraction of sp³-hybridized carbons (Fsp3) is 0.125. The molecule has 0 saturated heterocycles. The van der Waals surface area contributed by atoms with Crippen LogP contribution in [0.3, 0.4) is 0 Å². The minimum absolute atomic E-state index is 0.750. The van der Waals surface area contributed by atoms with Gasteiger partial charge in [0.15, 0.2) is 0 Å². The molecule has 0 aliphatic rings. The van der Waals surface area contributed by atoms with Crippen LogP contribution in [0.4, 0.5) is 0 Å². The molecule has 12 heavy (non-hydrogen) atoms. The maximum absolute atomic E-state index is 8.81. The quantitative estimate of drug-likeness (QED) is 0.595. The van der Waals surface area contributed by atoms with Crippen molar-refractivity contribution in [3.63, 3.8) is 0 Å². The molecule has 2 aromatic rings. The molecule has 2 rings (SSSR count). The van der Waals surface area contributed by atoms with Crippen LogP contribution in [-0.2, 0) is 4.70 Å². The maximum atomic E-state index is 8.81. The van der Waals surface area contributed by atoms with Crippen molar-refractivity contribution in [3.8, 4) is 0 Å². The van der Waals surface area contributed by atoms with Crippen LogP contribution in [0.25, 0.3) is 10.9 Å². The summed E-state index contributed by atoms with van der Waals surface area (Å²) >= 11 is 0. The number of rotatable bonds is 0. The third-order valence-electron chi connectivity index (χ3n) is 1.35. The van der Waals surface area contributed by atoms with E-state index in [1.54, 1.807) is 6.20 Å². The fourth-order valence-electron chi connectivity index (χ4n) is 0.892. The first-order valence-electron chi connectivity index (χ1n) is 3.65. The molecule has 0 aliphatic heterocycles. The summed E-state index contributed by atoms with van der Waals surface area (Å²) in [5.74, 6) is 0. The minimum atomic E-state index is 0.750. The van der Waals surface area contributed by atoms with Gasteiger partial charge < -0.3 is 4.98 Å². The van der Waals surface area contributed by atoms with Gasteiger partial charge in [-0.2, -0.15) is 0 Å². The molecule has 0 amide bonds. The van der Waals surface area contributed by atoms with E-state index in [1.165, 1.54) is 6.82 Å². The van der Waals surface area contributed by atoms with Gasteiger partial charge in [-0.15, -0.1) is 0 Å². The first kappa shape index (κ1) is 8.65. The smallest absolute Gasteiger partial charge is 0.0484 e. The molecule has 0 fully saturated rings. The standard InChI is InChI=1S/C7H6N2.CH3BO/c1-4-9-7-2-3-8-5-6(1)7;1-2-3/h1-5,9H;1H3. The molecule has 60 valence electrons. The largest absolute Gasteiger partial charge is 0.361 e. The van der Waals surface area contributed by atoms with Crippen molar-refractivity contribution < 1.29 is 4.70 Å². The number of H-pyrrole nitrogens is 1. The van der Waals surface area contributed by atoms with Crippen LogP contribution >= 0.6 is 0 Å². The summed E-state index contributed by atoms with van der Waals surface area (Å²) in [5.41, 5.74) is 1.14. The zero-order valence-electron chi connectivity index (χ0n) is 6.82. The Kier molecular flexibility index (Phi) is 3.20. The van der Waals surface area contributed by atoms with Crippen molar-refractivity contribution in [2.75, 3.05) is 0 Å². The zero-order chi connectivity index (χ0) is 8.81. The Bertz CT molecular complexity index is 328. The Morgan fingerprint density at radius 3 is 2.92 bits per heavy atom.